The van der Waals surface area contributed by atoms with Crippen LogP contribution in [0.1, 0.15) is 23.2 Å². The van der Waals surface area contributed by atoms with Crippen LogP contribution in [0.3, 0.4) is 0 Å². The summed E-state index contributed by atoms with van der Waals surface area (Å²) < 4.78 is 1.61. The van der Waals surface area contributed by atoms with Crippen molar-refractivity contribution < 1.29 is 14.7 Å². The SMILES string of the molecule is O=C(O)[C@H]1CCCN1C(=O)c1cnn(-c2ccccc2)c1. The van der Waals surface area contributed by atoms with E-state index in [1.807, 2.05) is 30.3 Å². The van der Waals surface area contributed by atoms with Gasteiger partial charge in [-0.15, -0.1) is 0 Å². The summed E-state index contributed by atoms with van der Waals surface area (Å²) in [6.45, 7) is 0.478. The van der Waals surface area contributed by atoms with E-state index in [1.54, 1.807) is 10.9 Å². The molecule has 1 saturated heterocycles. The molecule has 1 aliphatic heterocycles. The largest absolute Gasteiger partial charge is 0.480 e. The van der Waals surface area contributed by atoms with Crippen LogP contribution in [0.25, 0.3) is 5.69 Å². The zero-order valence-electron chi connectivity index (χ0n) is 11.3. The van der Waals surface area contributed by atoms with Crippen molar-refractivity contribution in [3.05, 3.63) is 48.3 Å². The lowest BCUT2D eigenvalue weighted by molar-refractivity contribution is -0.141. The first-order valence-electron chi connectivity index (χ1n) is 6.80. The minimum absolute atomic E-state index is 0.276. The fourth-order valence-electron chi connectivity index (χ4n) is 2.59. The molecule has 1 fully saturated rings. The highest BCUT2D eigenvalue weighted by atomic mass is 16.4. The molecule has 1 aromatic carbocycles. The van der Waals surface area contributed by atoms with Crippen molar-refractivity contribution in [1.82, 2.24) is 14.7 Å². The zero-order valence-corrected chi connectivity index (χ0v) is 11.3. The van der Waals surface area contributed by atoms with Gasteiger partial charge in [0.15, 0.2) is 0 Å². The monoisotopic (exact) mass is 285 g/mol. The number of hydrogen-bond acceptors (Lipinski definition) is 3. The summed E-state index contributed by atoms with van der Waals surface area (Å²) in [5, 5.41) is 13.3. The Balaban J connectivity index is 1.83. The van der Waals surface area contributed by atoms with E-state index in [-0.39, 0.29) is 5.91 Å². The third-order valence-corrected chi connectivity index (χ3v) is 3.65. The van der Waals surface area contributed by atoms with Gasteiger partial charge in [-0.3, -0.25) is 4.79 Å². The van der Waals surface area contributed by atoms with Gasteiger partial charge in [0, 0.05) is 12.7 Å². The Labute approximate surface area is 121 Å². The third kappa shape index (κ3) is 2.52. The highest BCUT2D eigenvalue weighted by Crippen LogP contribution is 2.20. The third-order valence-electron chi connectivity index (χ3n) is 3.65. The second kappa shape index (κ2) is 5.40. The van der Waals surface area contributed by atoms with Crippen molar-refractivity contribution in [2.24, 2.45) is 0 Å². The Morgan fingerprint density at radius 3 is 2.71 bits per heavy atom. The maximum Gasteiger partial charge on any atom is 0.326 e. The number of aliphatic carboxylic acids is 1. The van der Waals surface area contributed by atoms with Gasteiger partial charge in [0.25, 0.3) is 5.91 Å². The molecule has 1 atom stereocenters. The van der Waals surface area contributed by atoms with E-state index in [1.165, 1.54) is 11.1 Å². The number of carbonyl (C=O) groups is 2. The number of rotatable bonds is 3. The average molecular weight is 285 g/mol. The number of benzene rings is 1. The van der Waals surface area contributed by atoms with Crippen molar-refractivity contribution in [1.29, 1.82) is 0 Å². The van der Waals surface area contributed by atoms with Gasteiger partial charge in [-0.05, 0) is 25.0 Å². The summed E-state index contributed by atoms with van der Waals surface area (Å²) in [5.74, 6) is -1.22. The molecular weight excluding hydrogens is 270 g/mol. The summed E-state index contributed by atoms with van der Waals surface area (Å²) in [6.07, 6.45) is 4.34. The van der Waals surface area contributed by atoms with E-state index in [9.17, 15) is 9.59 Å². The summed E-state index contributed by atoms with van der Waals surface area (Å²) >= 11 is 0. The van der Waals surface area contributed by atoms with Gasteiger partial charge in [0.2, 0.25) is 0 Å². The second-order valence-electron chi connectivity index (χ2n) is 5.00. The predicted octanol–water partition coefficient (Wildman–Crippen LogP) is 1.56. The molecule has 3 rings (SSSR count). The van der Waals surface area contributed by atoms with E-state index in [0.29, 0.717) is 18.5 Å². The standard InChI is InChI=1S/C15H15N3O3/c19-14(17-8-4-7-13(17)15(20)21)11-9-16-18(10-11)12-5-2-1-3-6-12/h1-3,5-6,9-10,13H,4,7-8H2,(H,20,21)/t13-/m1/s1. The van der Waals surface area contributed by atoms with Crippen molar-refractivity contribution in [2.75, 3.05) is 6.54 Å². The fourth-order valence-corrected chi connectivity index (χ4v) is 2.59. The Kier molecular flexibility index (Phi) is 3.43. The summed E-state index contributed by atoms with van der Waals surface area (Å²) in [4.78, 5) is 25.0. The molecule has 1 aromatic heterocycles. The molecule has 0 spiro atoms. The summed E-state index contributed by atoms with van der Waals surface area (Å²) in [6, 6.07) is 8.73. The van der Waals surface area contributed by atoms with Gasteiger partial charge in [-0.1, -0.05) is 18.2 Å². The Morgan fingerprint density at radius 2 is 2.00 bits per heavy atom. The number of carboxylic acids is 1. The van der Waals surface area contributed by atoms with Crippen LogP contribution >= 0.6 is 0 Å². The molecule has 2 aromatic rings. The van der Waals surface area contributed by atoms with Crippen LogP contribution < -0.4 is 0 Å². The number of hydrogen-bond donors (Lipinski definition) is 1. The molecular formula is C15H15N3O3. The van der Waals surface area contributed by atoms with Crippen molar-refractivity contribution in [3.63, 3.8) is 0 Å². The molecule has 0 saturated carbocycles. The first kappa shape index (κ1) is 13.4. The Morgan fingerprint density at radius 1 is 1.24 bits per heavy atom. The first-order valence-corrected chi connectivity index (χ1v) is 6.80. The predicted molar refractivity (Wildman–Crippen MR) is 75.3 cm³/mol. The van der Waals surface area contributed by atoms with Gasteiger partial charge in [-0.25, -0.2) is 9.48 Å². The number of para-hydroxylation sites is 1. The van der Waals surface area contributed by atoms with E-state index in [4.69, 9.17) is 5.11 Å². The van der Waals surface area contributed by atoms with Crippen LogP contribution in [0, 0.1) is 0 Å². The average Bonchev–Trinajstić information content (AvgIpc) is 3.17. The maximum atomic E-state index is 12.4. The molecule has 108 valence electrons. The van der Waals surface area contributed by atoms with Gasteiger partial charge in [0.1, 0.15) is 6.04 Å². The minimum atomic E-state index is -0.948. The van der Waals surface area contributed by atoms with Crippen molar-refractivity contribution >= 4 is 11.9 Å². The number of likely N-dealkylation sites (tertiary alicyclic amines) is 1. The van der Waals surface area contributed by atoms with E-state index in [2.05, 4.69) is 5.10 Å². The summed E-state index contributed by atoms with van der Waals surface area (Å²) in [7, 11) is 0. The molecule has 0 bridgehead atoms. The lowest BCUT2D eigenvalue weighted by atomic mass is 10.2. The minimum Gasteiger partial charge on any atom is -0.480 e. The van der Waals surface area contributed by atoms with Crippen LogP contribution in [0.4, 0.5) is 0 Å². The molecule has 1 N–H and O–H groups in total. The number of nitrogens with zero attached hydrogens (tertiary/aromatic N) is 3. The topological polar surface area (TPSA) is 75.4 Å². The van der Waals surface area contributed by atoms with Gasteiger partial charge >= 0.3 is 5.97 Å². The number of carbonyl (C=O) groups excluding carboxylic acids is 1. The van der Waals surface area contributed by atoms with Crippen molar-refractivity contribution in [3.8, 4) is 5.69 Å². The first-order chi connectivity index (χ1) is 10.2. The quantitative estimate of drug-likeness (QED) is 0.928. The fraction of sp³-hybridized carbons (Fsp3) is 0.267. The molecule has 6 nitrogen and oxygen atoms in total. The molecule has 0 unspecified atom stereocenters. The lowest BCUT2D eigenvalue weighted by Crippen LogP contribution is -2.40. The Hall–Kier alpha value is -2.63. The lowest BCUT2D eigenvalue weighted by Gasteiger charge is -2.20. The van der Waals surface area contributed by atoms with Crippen molar-refractivity contribution in [2.45, 2.75) is 18.9 Å². The van der Waals surface area contributed by atoms with Gasteiger partial charge in [0.05, 0.1) is 17.4 Å². The van der Waals surface area contributed by atoms with E-state index in [0.717, 1.165) is 12.1 Å². The van der Waals surface area contributed by atoms with Crippen LogP contribution in [0.2, 0.25) is 0 Å². The van der Waals surface area contributed by atoms with Crippen LogP contribution in [0.15, 0.2) is 42.7 Å². The maximum absolute atomic E-state index is 12.4. The number of amides is 1. The molecule has 21 heavy (non-hydrogen) atoms. The number of carboxylic acid groups (broad SMARTS) is 1. The molecule has 6 heteroatoms. The smallest absolute Gasteiger partial charge is 0.326 e. The van der Waals surface area contributed by atoms with Crippen LogP contribution in [0.5, 0.6) is 0 Å². The molecule has 2 heterocycles. The molecule has 1 amide bonds. The molecule has 0 radical (unpaired) electrons. The normalized spacial score (nSPS) is 17.9. The van der Waals surface area contributed by atoms with Gasteiger partial charge in [-0.2, -0.15) is 5.10 Å². The highest BCUT2D eigenvalue weighted by Gasteiger charge is 2.34. The zero-order chi connectivity index (χ0) is 14.8. The summed E-state index contributed by atoms with van der Waals surface area (Å²) in [5.41, 5.74) is 1.26. The second-order valence-corrected chi connectivity index (χ2v) is 5.00. The molecule has 1 aliphatic rings. The van der Waals surface area contributed by atoms with E-state index >= 15 is 0 Å². The van der Waals surface area contributed by atoms with Crippen LogP contribution in [-0.2, 0) is 4.79 Å². The van der Waals surface area contributed by atoms with Gasteiger partial charge < -0.3 is 10.0 Å². The highest BCUT2D eigenvalue weighted by molar-refractivity contribution is 5.96. The Bertz CT molecular complexity index is 666. The van der Waals surface area contributed by atoms with Crippen LogP contribution in [-0.4, -0.2) is 44.3 Å². The number of aromatic nitrogens is 2. The van der Waals surface area contributed by atoms with E-state index < -0.39 is 12.0 Å². The molecule has 0 aliphatic carbocycles.